The second-order valence-electron chi connectivity index (χ2n) is 5.84. The fraction of sp³-hybridized carbons (Fsp3) is 0.526. The Hall–Kier alpha value is -0.890. The Bertz CT molecular complexity index is 550. The van der Waals surface area contributed by atoms with Crippen molar-refractivity contribution in [2.24, 2.45) is 0 Å². The van der Waals surface area contributed by atoms with Crippen LogP contribution >= 0.6 is 15.9 Å². The summed E-state index contributed by atoms with van der Waals surface area (Å²) in [6.07, 6.45) is 12.0. The predicted molar refractivity (Wildman–Crippen MR) is 95.8 cm³/mol. The number of fused-ring (bicyclic) bond motifs is 1. The van der Waals surface area contributed by atoms with Crippen LogP contribution in [0.3, 0.4) is 0 Å². The summed E-state index contributed by atoms with van der Waals surface area (Å²) in [6, 6.07) is 10.7. The van der Waals surface area contributed by atoms with E-state index in [9.17, 15) is 0 Å². The lowest BCUT2D eigenvalue weighted by molar-refractivity contribution is 0.574. The second-order valence-corrected chi connectivity index (χ2v) is 6.65. The van der Waals surface area contributed by atoms with Crippen LogP contribution in [0.2, 0.25) is 0 Å². The zero-order valence-electron chi connectivity index (χ0n) is 13.1. The molecule has 0 amide bonds. The summed E-state index contributed by atoms with van der Waals surface area (Å²) in [7, 11) is 0. The molecule has 0 atom stereocenters. The first-order chi connectivity index (χ1) is 10.3. The number of aryl methyl sites for hydroxylation is 1. The van der Waals surface area contributed by atoms with Crippen LogP contribution in [0, 0.1) is 0 Å². The third-order valence-corrected chi connectivity index (χ3v) is 4.46. The third kappa shape index (κ3) is 5.43. The Balaban J connectivity index is 1.78. The minimum absolute atomic E-state index is 0.954. The van der Waals surface area contributed by atoms with E-state index in [-0.39, 0.29) is 0 Å². The van der Waals surface area contributed by atoms with Crippen molar-refractivity contribution in [2.75, 3.05) is 0 Å². The first-order valence-electron chi connectivity index (χ1n) is 8.35. The van der Waals surface area contributed by atoms with E-state index in [1.807, 2.05) is 0 Å². The average Bonchev–Trinajstić information content (AvgIpc) is 2.49. The Kier molecular flexibility index (Phi) is 7.21. The highest BCUT2D eigenvalue weighted by Gasteiger charge is 2.04. The molecule has 114 valence electrons. The van der Waals surface area contributed by atoms with E-state index in [1.54, 1.807) is 0 Å². The van der Waals surface area contributed by atoms with Gasteiger partial charge in [0.05, 0.1) is 0 Å². The van der Waals surface area contributed by atoms with Crippen molar-refractivity contribution in [3.8, 4) is 0 Å². The van der Waals surface area contributed by atoms with Crippen LogP contribution in [0.25, 0.3) is 10.8 Å². The van der Waals surface area contributed by atoms with Crippen molar-refractivity contribution < 1.29 is 0 Å². The van der Waals surface area contributed by atoms with Crippen molar-refractivity contribution >= 4 is 26.7 Å². The number of benzene rings is 1. The van der Waals surface area contributed by atoms with E-state index in [2.05, 4.69) is 58.2 Å². The van der Waals surface area contributed by atoms with Gasteiger partial charge in [0, 0.05) is 11.1 Å². The maximum absolute atomic E-state index is 4.68. The number of unbranched alkanes of at least 4 members (excludes halogenated alkanes) is 7. The van der Waals surface area contributed by atoms with E-state index in [1.165, 1.54) is 67.8 Å². The van der Waals surface area contributed by atoms with Gasteiger partial charge in [0.1, 0.15) is 4.60 Å². The average molecular weight is 348 g/mol. The van der Waals surface area contributed by atoms with Gasteiger partial charge in [0.25, 0.3) is 0 Å². The van der Waals surface area contributed by atoms with Crippen molar-refractivity contribution in [1.29, 1.82) is 0 Å². The molecule has 1 aromatic carbocycles. The van der Waals surface area contributed by atoms with Gasteiger partial charge < -0.3 is 0 Å². The number of hydrogen-bond acceptors (Lipinski definition) is 1. The molecule has 2 aromatic rings. The molecule has 0 radical (unpaired) electrons. The molecule has 0 fully saturated rings. The minimum Gasteiger partial charge on any atom is -0.245 e. The van der Waals surface area contributed by atoms with Gasteiger partial charge in [-0.3, -0.25) is 0 Å². The van der Waals surface area contributed by atoms with Crippen LogP contribution < -0.4 is 0 Å². The molecule has 1 heterocycles. The van der Waals surface area contributed by atoms with Gasteiger partial charge in [0.2, 0.25) is 0 Å². The molecule has 21 heavy (non-hydrogen) atoms. The van der Waals surface area contributed by atoms with Crippen molar-refractivity contribution in [3.63, 3.8) is 0 Å². The third-order valence-electron chi connectivity index (χ3n) is 4.06. The highest BCUT2D eigenvalue weighted by molar-refractivity contribution is 9.10. The van der Waals surface area contributed by atoms with Gasteiger partial charge in [-0.05, 0) is 40.2 Å². The first kappa shape index (κ1) is 16.5. The van der Waals surface area contributed by atoms with Crippen LogP contribution in [0.15, 0.2) is 34.9 Å². The lowest BCUT2D eigenvalue weighted by Gasteiger charge is -2.07. The number of aromatic nitrogens is 1. The summed E-state index contributed by atoms with van der Waals surface area (Å²) in [4.78, 5) is 4.68. The van der Waals surface area contributed by atoms with E-state index >= 15 is 0 Å². The van der Waals surface area contributed by atoms with Gasteiger partial charge in [-0.2, -0.15) is 0 Å². The molecule has 2 heteroatoms. The number of pyridine rings is 1. The lowest BCUT2D eigenvalue weighted by Crippen LogP contribution is -1.93. The lowest BCUT2D eigenvalue weighted by atomic mass is 10.0. The minimum atomic E-state index is 0.954. The van der Waals surface area contributed by atoms with Gasteiger partial charge in [-0.25, -0.2) is 4.98 Å². The molecule has 0 aliphatic heterocycles. The summed E-state index contributed by atoms with van der Waals surface area (Å²) in [5, 5.41) is 2.59. The molecule has 0 spiro atoms. The van der Waals surface area contributed by atoms with Crippen LogP contribution in [-0.4, -0.2) is 4.98 Å². The topological polar surface area (TPSA) is 12.9 Å². The SMILES string of the molecule is CCCCCCCCCCc1nc(Br)cc2ccccc12. The fourth-order valence-electron chi connectivity index (χ4n) is 2.85. The molecule has 1 nitrogen and oxygen atoms in total. The maximum Gasteiger partial charge on any atom is 0.107 e. The number of nitrogens with zero attached hydrogens (tertiary/aromatic N) is 1. The molecule has 2 rings (SSSR count). The molecule has 0 unspecified atom stereocenters. The van der Waals surface area contributed by atoms with Crippen molar-refractivity contribution in [2.45, 2.75) is 64.7 Å². The molecular weight excluding hydrogens is 322 g/mol. The van der Waals surface area contributed by atoms with Crippen molar-refractivity contribution in [1.82, 2.24) is 4.98 Å². The monoisotopic (exact) mass is 347 g/mol. The maximum atomic E-state index is 4.68. The smallest absolute Gasteiger partial charge is 0.107 e. The Morgan fingerprint density at radius 3 is 2.33 bits per heavy atom. The van der Waals surface area contributed by atoms with E-state index in [0.29, 0.717) is 0 Å². The van der Waals surface area contributed by atoms with Crippen LogP contribution in [0.5, 0.6) is 0 Å². The van der Waals surface area contributed by atoms with Crippen molar-refractivity contribution in [3.05, 3.63) is 40.6 Å². The fourth-order valence-corrected chi connectivity index (χ4v) is 3.31. The largest absolute Gasteiger partial charge is 0.245 e. The summed E-state index contributed by atoms with van der Waals surface area (Å²) < 4.78 is 0.954. The van der Waals surface area contributed by atoms with Crippen LogP contribution in [0.4, 0.5) is 0 Å². The summed E-state index contributed by atoms with van der Waals surface area (Å²) in [5.74, 6) is 0. The zero-order chi connectivity index (χ0) is 14.9. The van der Waals surface area contributed by atoms with Gasteiger partial charge >= 0.3 is 0 Å². The summed E-state index contributed by atoms with van der Waals surface area (Å²) in [6.45, 7) is 2.27. The highest BCUT2D eigenvalue weighted by Crippen LogP contribution is 2.22. The molecule has 0 saturated carbocycles. The first-order valence-corrected chi connectivity index (χ1v) is 9.14. The Labute approximate surface area is 137 Å². The van der Waals surface area contributed by atoms with Crippen LogP contribution in [-0.2, 0) is 6.42 Å². The molecule has 0 saturated heterocycles. The summed E-state index contributed by atoms with van der Waals surface area (Å²) in [5.41, 5.74) is 1.24. The standard InChI is InChI=1S/C19H26BrN/c1-2-3-4-5-6-7-8-9-14-18-17-13-11-10-12-16(17)15-19(20)21-18/h10-13,15H,2-9,14H2,1H3. The zero-order valence-corrected chi connectivity index (χ0v) is 14.7. The molecule has 0 aliphatic carbocycles. The highest BCUT2D eigenvalue weighted by atomic mass is 79.9. The number of hydrogen-bond donors (Lipinski definition) is 0. The number of rotatable bonds is 9. The molecule has 0 aliphatic rings. The molecule has 0 bridgehead atoms. The Morgan fingerprint density at radius 1 is 0.905 bits per heavy atom. The summed E-state index contributed by atoms with van der Waals surface area (Å²) >= 11 is 3.53. The Morgan fingerprint density at radius 2 is 1.57 bits per heavy atom. The molecule has 0 N–H and O–H groups in total. The van der Waals surface area contributed by atoms with Gasteiger partial charge in [-0.1, -0.05) is 76.1 Å². The van der Waals surface area contributed by atoms with Crippen LogP contribution in [0.1, 0.15) is 64.0 Å². The predicted octanol–water partition coefficient (Wildman–Crippen LogP) is 6.68. The van der Waals surface area contributed by atoms with E-state index in [0.717, 1.165) is 11.0 Å². The molecule has 1 aromatic heterocycles. The van der Waals surface area contributed by atoms with Gasteiger partial charge in [0.15, 0.2) is 0 Å². The van der Waals surface area contributed by atoms with Gasteiger partial charge in [-0.15, -0.1) is 0 Å². The molecular formula is C19H26BrN. The normalized spacial score (nSPS) is 11.1. The quantitative estimate of drug-likeness (QED) is 0.364. The second kappa shape index (κ2) is 9.19. The number of halogens is 1. The van der Waals surface area contributed by atoms with E-state index < -0.39 is 0 Å². The van der Waals surface area contributed by atoms with E-state index in [4.69, 9.17) is 0 Å².